The predicted octanol–water partition coefficient (Wildman–Crippen LogP) is 12.6. The van der Waals surface area contributed by atoms with Crippen LogP contribution >= 0.6 is 0 Å². The van der Waals surface area contributed by atoms with Crippen LogP contribution in [0.25, 0.3) is 77.8 Å². The SMILES string of the molecule is C1=CC(c2nc(-c3ccccc3)nc(-c3cccc4oc5ccc(-c6ccc7ccccc7c6)cc5c34)n2)CC(c2ccccc2)=C1c1ccccc1. The van der Waals surface area contributed by atoms with E-state index in [4.69, 9.17) is 19.4 Å². The highest BCUT2D eigenvalue weighted by atomic mass is 16.3. The Bertz CT molecular complexity index is 2850. The molecule has 10 rings (SSSR count). The summed E-state index contributed by atoms with van der Waals surface area (Å²) in [6.07, 6.45) is 5.26. The Labute approximate surface area is 307 Å². The number of allylic oxidation sites excluding steroid dienone is 4. The molecule has 0 N–H and O–H groups in total. The summed E-state index contributed by atoms with van der Waals surface area (Å²) < 4.78 is 6.47. The number of aromatic nitrogens is 3. The molecule has 2 heterocycles. The van der Waals surface area contributed by atoms with Crippen molar-refractivity contribution in [2.75, 3.05) is 0 Å². The molecule has 0 amide bonds. The number of hydrogen-bond donors (Lipinski definition) is 0. The Morgan fingerprint density at radius 3 is 1.92 bits per heavy atom. The summed E-state index contributed by atoms with van der Waals surface area (Å²) in [5.74, 6) is 1.97. The molecule has 0 saturated heterocycles. The van der Waals surface area contributed by atoms with E-state index in [-0.39, 0.29) is 5.92 Å². The van der Waals surface area contributed by atoms with Crippen LogP contribution in [0.1, 0.15) is 29.3 Å². The zero-order valence-corrected chi connectivity index (χ0v) is 28.9. The van der Waals surface area contributed by atoms with Crippen molar-refractivity contribution in [3.8, 4) is 33.9 Å². The van der Waals surface area contributed by atoms with Crippen LogP contribution < -0.4 is 0 Å². The first-order valence-electron chi connectivity index (χ1n) is 18.0. The van der Waals surface area contributed by atoms with Gasteiger partial charge < -0.3 is 4.42 Å². The Balaban J connectivity index is 1.13. The van der Waals surface area contributed by atoms with E-state index < -0.39 is 0 Å². The summed E-state index contributed by atoms with van der Waals surface area (Å²) >= 11 is 0. The number of hydrogen-bond acceptors (Lipinski definition) is 4. The van der Waals surface area contributed by atoms with Gasteiger partial charge in [0, 0.05) is 27.8 Å². The van der Waals surface area contributed by atoms with E-state index in [0.717, 1.165) is 56.4 Å². The second kappa shape index (κ2) is 13.0. The van der Waals surface area contributed by atoms with Gasteiger partial charge in [0.25, 0.3) is 0 Å². The number of furan rings is 1. The molecule has 1 aliphatic carbocycles. The van der Waals surface area contributed by atoms with E-state index in [1.165, 1.54) is 33.0 Å². The summed E-state index contributed by atoms with van der Waals surface area (Å²) in [5, 5.41) is 4.47. The zero-order chi connectivity index (χ0) is 35.1. The fourth-order valence-corrected chi connectivity index (χ4v) is 7.65. The van der Waals surface area contributed by atoms with Crippen molar-refractivity contribution in [2.24, 2.45) is 0 Å². The van der Waals surface area contributed by atoms with Gasteiger partial charge in [-0.1, -0.05) is 158 Å². The second-order valence-electron chi connectivity index (χ2n) is 13.6. The third-order valence-electron chi connectivity index (χ3n) is 10.3. The second-order valence-corrected chi connectivity index (χ2v) is 13.6. The third kappa shape index (κ3) is 5.71. The molecule has 1 aliphatic rings. The molecule has 4 nitrogen and oxygen atoms in total. The van der Waals surface area contributed by atoms with Crippen LogP contribution in [-0.4, -0.2) is 15.0 Å². The van der Waals surface area contributed by atoms with Gasteiger partial charge in [0.15, 0.2) is 11.6 Å². The van der Waals surface area contributed by atoms with Crippen molar-refractivity contribution in [2.45, 2.75) is 12.3 Å². The van der Waals surface area contributed by atoms with E-state index in [9.17, 15) is 0 Å². The van der Waals surface area contributed by atoms with Gasteiger partial charge >= 0.3 is 0 Å². The number of rotatable bonds is 6. The Hall–Kier alpha value is -6.91. The van der Waals surface area contributed by atoms with E-state index in [1.54, 1.807) is 0 Å². The lowest BCUT2D eigenvalue weighted by Crippen LogP contribution is -2.10. The van der Waals surface area contributed by atoms with Gasteiger partial charge in [-0.3, -0.25) is 0 Å². The van der Waals surface area contributed by atoms with Crippen molar-refractivity contribution >= 4 is 43.9 Å². The standard InChI is InChI=1S/C49H33N3O/c1-4-14-33(15-5-1)40-27-25-39(31-42(40)34-16-6-2-7-17-34)48-50-47(35-18-8-3-9-19-35)51-49(52-48)41-21-12-22-45-46(41)43-30-38(26-28-44(43)53-45)37-24-23-32-13-10-11-20-36(32)29-37/h1-30,39H,31H2. The van der Waals surface area contributed by atoms with E-state index in [2.05, 4.69) is 152 Å². The van der Waals surface area contributed by atoms with Crippen LogP contribution in [0.4, 0.5) is 0 Å². The van der Waals surface area contributed by atoms with Gasteiger partial charge in [0.1, 0.15) is 17.0 Å². The van der Waals surface area contributed by atoms with E-state index >= 15 is 0 Å². The monoisotopic (exact) mass is 679 g/mol. The Kier molecular flexibility index (Phi) is 7.58. The van der Waals surface area contributed by atoms with Gasteiger partial charge in [0.05, 0.1) is 0 Å². The van der Waals surface area contributed by atoms with Crippen molar-refractivity contribution < 1.29 is 4.42 Å². The van der Waals surface area contributed by atoms with Crippen molar-refractivity contribution in [3.05, 3.63) is 199 Å². The number of benzene rings is 7. The maximum absolute atomic E-state index is 6.47. The molecule has 53 heavy (non-hydrogen) atoms. The molecule has 0 fully saturated rings. The molecule has 9 aromatic rings. The van der Waals surface area contributed by atoms with Gasteiger partial charge in [-0.15, -0.1) is 0 Å². The summed E-state index contributed by atoms with van der Waals surface area (Å²) in [6.45, 7) is 0. The minimum absolute atomic E-state index is 0.0540. The lowest BCUT2D eigenvalue weighted by molar-refractivity contribution is 0.669. The van der Waals surface area contributed by atoms with Crippen LogP contribution in [0.3, 0.4) is 0 Å². The smallest absolute Gasteiger partial charge is 0.164 e. The van der Waals surface area contributed by atoms with Gasteiger partial charge in [0.2, 0.25) is 0 Å². The molecule has 7 aromatic carbocycles. The molecule has 2 aromatic heterocycles. The van der Waals surface area contributed by atoms with E-state index in [0.29, 0.717) is 11.6 Å². The molecule has 1 unspecified atom stereocenters. The first kappa shape index (κ1) is 30.9. The van der Waals surface area contributed by atoms with Crippen molar-refractivity contribution in [3.63, 3.8) is 0 Å². The topological polar surface area (TPSA) is 51.8 Å². The number of nitrogens with zero attached hydrogens (tertiary/aromatic N) is 3. The molecule has 4 heteroatoms. The van der Waals surface area contributed by atoms with Crippen LogP contribution in [0.5, 0.6) is 0 Å². The third-order valence-corrected chi connectivity index (χ3v) is 10.3. The highest BCUT2D eigenvalue weighted by Gasteiger charge is 2.25. The Morgan fingerprint density at radius 1 is 0.472 bits per heavy atom. The van der Waals surface area contributed by atoms with Gasteiger partial charge in [-0.2, -0.15) is 0 Å². The number of fused-ring (bicyclic) bond motifs is 4. The summed E-state index contributed by atoms with van der Waals surface area (Å²) in [7, 11) is 0. The summed E-state index contributed by atoms with van der Waals surface area (Å²) in [5.41, 5.74) is 10.7. The molecule has 0 spiro atoms. The van der Waals surface area contributed by atoms with Gasteiger partial charge in [-0.25, -0.2) is 15.0 Å². The molecular weight excluding hydrogens is 647 g/mol. The van der Waals surface area contributed by atoms with Crippen LogP contribution in [0.15, 0.2) is 186 Å². The van der Waals surface area contributed by atoms with Crippen LogP contribution in [-0.2, 0) is 0 Å². The molecule has 0 radical (unpaired) electrons. The lowest BCUT2D eigenvalue weighted by Gasteiger charge is -2.23. The highest BCUT2D eigenvalue weighted by Crippen LogP contribution is 2.42. The summed E-state index contributed by atoms with van der Waals surface area (Å²) in [4.78, 5) is 15.6. The molecular formula is C49H33N3O. The van der Waals surface area contributed by atoms with E-state index in [1.807, 2.05) is 30.3 Å². The highest BCUT2D eigenvalue weighted by molar-refractivity contribution is 6.13. The average molecular weight is 680 g/mol. The predicted molar refractivity (Wildman–Crippen MR) is 217 cm³/mol. The normalized spacial score (nSPS) is 14.4. The van der Waals surface area contributed by atoms with Crippen molar-refractivity contribution in [1.82, 2.24) is 15.0 Å². The average Bonchev–Trinajstić information content (AvgIpc) is 3.62. The largest absolute Gasteiger partial charge is 0.456 e. The maximum Gasteiger partial charge on any atom is 0.164 e. The fraction of sp³-hybridized carbons (Fsp3) is 0.0408. The lowest BCUT2D eigenvalue weighted by atomic mass is 9.83. The molecule has 0 aliphatic heterocycles. The quantitative estimate of drug-likeness (QED) is 0.175. The van der Waals surface area contributed by atoms with Crippen LogP contribution in [0.2, 0.25) is 0 Å². The first-order chi connectivity index (χ1) is 26.2. The minimum Gasteiger partial charge on any atom is -0.456 e. The summed E-state index contributed by atoms with van der Waals surface area (Å²) in [6, 6.07) is 59.2. The molecule has 250 valence electrons. The maximum atomic E-state index is 6.47. The zero-order valence-electron chi connectivity index (χ0n) is 28.9. The molecule has 1 atom stereocenters. The fourth-order valence-electron chi connectivity index (χ4n) is 7.65. The minimum atomic E-state index is -0.0540. The van der Waals surface area contributed by atoms with Gasteiger partial charge in [-0.05, 0) is 74.9 Å². The molecule has 0 saturated carbocycles. The van der Waals surface area contributed by atoms with Crippen LogP contribution in [0, 0.1) is 0 Å². The molecule has 0 bridgehead atoms. The van der Waals surface area contributed by atoms with Crippen molar-refractivity contribution in [1.29, 1.82) is 0 Å². The Morgan fingerprint density at radius 2 is 1.13 bits per heavy atom. The first-order valence-corrected chi connectivity index (χ1v) is 18.0.